The van der Waals surface area contributed by atoms with Crippen LogP contribution >= 0.6 is 11.3 Å². The highest BCUT2D eigenvalue weighted by Gasteiger charge is 2.22. The lowest BCUT2D eigenvalue weighted by molar-refractivity contribution is -0.140. The molecule has 0 radical (unpaired) electrons. The van der Waals surface area contributed by atoms with Crippen molar-refractivity contribution < 1.29 is 18.7 Å². The molecule has 3 aromatic rings. The molecule has 4 rings (SSSR count). The van der Waals surface area contributed by atoms with Crippen LogP contribution in [0.5, 0.6) is 0 Å². The summed E-state index contributed by atoms with van der Waals surface area (Å²) in [5, 5.41) is 3.17. The van der Waals surface area contributed by atoms with E-state index in [1.54, 1.807) is 24.5 Å². The molecule has 1 saturated heterocycles. The summed E-state index contributed by atoms with van der Waals surface area (Å²) in [6.45, 7) is 7.83. The van der Waals surface area contributed by atoms with Crippen molar-refractivity contribution in [2.24, 2.45) is 0 Å². The summed E-state index contributed by atoms with van der Waals surface area (Å²) in [6, 6.07) is 3.73. The maximum absolute atomic E-state index is 14.5. The second kappa shape index (κ2) is 11.1. The number of esters is 1. The second-order valence-electron chi connectivity index (χ2n) is 8.55. The van der Waals surface area contributed by atoms with E-state index in [0.29, 0.717) is 43.7 Å². The van der Waals surface area contributed by atoms with E-state index < -0.39 is 17.4 Å². The van der Waals surface area contributed by atoms with Crippen molar-refractivity contribution in [2.45, 2.75) is 39.5 Å². The predicted molar refractivity (Wildman–Crippen MR) is 134 cm³/mol. The van der Waals surface area contributed by atoms with Crippen molar-refractivity contribution in [1.82, 2.24) is 14.4 Å². The molecule has 1 aliphatic rings. The molecule has 0 saturated carbocycles. The summed E-state index contributed by atoms with van der Waals surface area (Å²) in [7, 11) is 0. The molecule has 0 aromatic carbocycles. The molecule has 10 heteroatoms. The first-order valence-electron chi connectivity index (χ1n) is 11.7. The monoisotopic (exact) mass is 500 g/mol. The molecule has 0 bridgehead atoms. The number of aromatic nitrogens is 3. The molecule has 0 unspecified atom stereocenters. The average Bonchev–Trinajstić information content (AvgIpc) is 3.34. The Labute approximate surface area is 207 Å². The SMILES string of the molecule is CCOC(=O)/C(F)=C/c1c(N2CCOCC2)nc2cc(CCc3nc(C(C)C)cs3)ccn2c1=O. The summed E-state index contributed by atoms with van der Waals surface area (Å²) in [6.07, 6.45) is 4.11. The summed E-state index contributed by atoms with van der Waals surface area (Å²) in [4.78, 5) is 36.5. The van der Waals surface area contributed by atoms with E-state index in [1.807, 2.05) is 17.0 Å². The zero-order valence-electron chi connectivity index (χ0n) is 20.1. The van der Waals surface area contributed by atoms with E-state index in [0.717, 1.165) is 35.2 Å². The number of ether oxygens (including phenoxy) is 2. The van der Waals surface area contributed by atoms with Crippen molar-refractivity contribution in [2.75, 3.05) is 37.8 Å². The average molecular weight is 501 g/mol. The molecule has 1 aliphatic heterocycles. The number of anilines is 1. The molecular formula is C25H29FN4O4S. The van der Waals surface area contributed by atoms with Crippen molar-refractivity contribution >= 4 is 34.8 Å². The number of carbonyl (C=O) groups is 1. The quantitative estimate of drug-likeness (QED) is 0.344. The standard InChI is InChI=1S/C25H29FN4O4S/c1-4-34-25(32)19(26)14-18-23(29-9-11-33-12-10-29)28-21-13-17(7-8-30(21)24(18)31)5-6-22-27-20(15-35-22)16(2)3/h7-8,13-16H,4-6,9-12H2,1-3H3/b19-14-. The molecule has 0 aliphatic carbocycles. The van der Waals surface area contributed by atoms with Crippen LogP contribution in [0.4, 0.5) is 10.2 Å². The van der Waals surface area contributed by atoms with Crippen LogP contribution in [-0.2, 0) is 27.1 Å². The molecule has 3 aromatic heterocycles. The van der Waals surface area contributed by atoms with Crippen LogP contribution in [0.3, 0.4) is 0 Å². The number of pyridine rings is 1. The van der Waals surface area contributed by atoms with Gasteiger partial charge in [-0.3, -0.25) is 9.20 Å². The first-order valence-corrected chi connectivity index (χ1v) is 12.6. The van der Waals surface area contributed by atoms with Crippen LogP contribution in [0.1, 0.15) is 48.5 Å². The summed E-state index contributed by atoms with van der Waals surface area (Å²) >= 11 is 1.66. The van der Waals surface area contributed by atoms with Crippen molar-refractivity contribution in [1.29, 1.82) is 0 Å². The van der Waals surface area contributed by atoms with Crippen LogP contribution < -0.4 is 10.5 Å². The van der Waals surface area contributed by atoms with Gasteiger partial charge >= 0.3 is 5.97 Å². The summed E-state index contributed by atoms with van der Waals surface area (Å²) < 4.78 is 26.1. The molecule has 0 N–H and O–H groups in total. The van der Waals surface area contributed by atoms with Crippen LogP contribution in [0, 0.1) is 0 Å². The number of carbonyl (C=O) groups excluding carboxylic acids is 1. The fourth-order valence-corrected chi connectivity index (χ4v) is 4.78. The molecule has 1 fully saturated rings. The highest BCUT2D eigenvalue weighted by atomic mass is 32.1. The lowest BCUT2D eigenvalue weighted by atomic mass is 10.1. The normalized spacial score (nSPS) is 14.7. The van der Waals surface area contributed by atoms with Gasteiger partial charge in [0.2, 0.25) is 5.83 Å². The number of aryl methyl sites for hydroxylation is 2. The second-order valence-corrected chi connectivity index (χ2v) is 9.49. The van der Waals surface area contributed by atoms with Gasteiger partial charge in [0.05, 0.1) is 36.1 Å². The number of thiazole rings is 1. The zero-order chi connectivity index (χ0) is 24.9. The van der Waals surface area contributed by atoms with Crippen LogP contribution in [0.25, 0.3) is 11.7 Å². The molecule has 0 amide bonds. The van der Waals surface area contributed by atoms with Gasteiger partial charge in [-0.15, -0.1) is 11.3 Å². The Balaban J connectivity index is 1.69. The minimum Gasteiger partial charge on any atom is -0.461 e. The van der Waals surface area contributed by atoms with Crippen molar-refractivity contribution in [3.05, 3.63) is 61.7 Å². The molecule has 0 atom stereocenters. The topological polar surface area (TPSA) is 86.0 Å². The summed E-state index contributed by atoms with van der Waals surface area (Å²) in [5.41, 5.74) is 2.13. The van der Waals surface area contributed by atoms with Gasteiger partial charge in [-0.2, -0.15) is 4.39 Å². The smallest absolute Gasteiger partial charge is 0.367 e. The third-order valence-electron chi connectivity index (χ3n) is 5.75. The highest BCUT2D eigenvalue weighted by molar-refractivity contribution is 7.09. The Morgan fingerprint density at radius 1 is 1.29 bits per heavy atom. The Morgan fingerprint density at radius 2 is 2.06 bits per heavy atom. The van der Waals surface area contributed by atoms with E-state index >= 15 is 0 Å². The zero-order valence-corrected chi connectivity index (χ0v) is 20.9. The first-order chi connectivity index (χ1) is 16.9. The molecule has 8 nitrogen and oxygen atoms in total. The number of nitrogens with zero attached hydrogens (tertiary/aromatic N) is 4. The lowest BCUT2D eigenvalue weighted by Crippen LogP contribution is -2.38. The lowest BCUT2D eigenvalue weighted by Gasteiger charge is -2.29. The van der Waals surface area contributed by atoms with E-state index in [9.17, 15) is 14.0 Å². The first kappa shape index (κ1) is 25.0. The summed E-state index contributed by atoms with van der Waals surface area (Å²) in [5.74, 6) is -1.52. The molecule has 0 spiro atoms. The van der Waals surface area contributed by atoms with E-state index in [2.05, 4.69) is 19.2 Å². The van der Waals surface area contributed by atoms with Gasteiger partial charge in [-0.05, 0) is 43.0 Å². The van der Waals surface area contributed by atoms with Gasteiger partial charge in [-0.1, -0.05) is 13.8 Å². The Bertz CT molecular complexity index is 1290. The number of fused-ring (bicyclic) bond motifs is 1. The Kier molecular flexibility index (Phi) is 7.92. The molecular weight excluding hydrogens is 471 g/mol. The van der Waals surface area contributed by atoms with Crippen molar-refractivity contribution in [3.63, 3.8) is 0 Å². The maximum atomic E-state index is 14.5. The fourth-order valence-electron chi connectivity index (χ4n) is 3.82. The number of rotatable bonds is 8. The molecule has 4 heterocycles. The van der Waals surface area contributed by atoms with Crippen LogP contribution in [0.2, 0.25) is 0 Å². The van der Waals surface area contributed by atoms with Crippen LogP contribution in [0.15, 0.2) is 34.3 Å². The van der Waals surface area contributed by atoms with Gasteiger partial charge in [0.1, 0.15) is 11.5 Å². The molecule has 35 heavy (non-hydrogen) atoms. The Hall–Kier alpha value is -3.11. The van der Waals surface area contributed by atoms with E-state index in [4.69, 9.17) is 19.4 Å². The fraction of sp³-hybridized carbons (Fsp3) is 0.440. The molecule has 186 valence electrons. The number of hydrogen-bond acceptors (Lipinski definition) is 8. The largest absolute Gasteiger partial charge is 0.461 e. The minimum absolute atomic E-state index is 0.00621. The van der Waals surface area contributed by atoms with Gasteiger partial charge < -0.3 is 14.4 Å². The third kappa shape index (κ3) is 5.76. The predicted octanol–water partition coefficient (Wildman–Crippen LogP) is 3.77. The van der Waals surface area contributed by atoms with Gasteiger partial charge in [0, 0.05) is 31.1 Å². The maximum Gasteiger partial charge on any atom is 0.367 e. The Morgan fingerprint density at radius 3 is 2.74 bits per heavy atom. The number of hydrogen-bond donors (Lipinski definition) is 0. The highest BCUT2D eigenvalue weighted by Crippen LogP contribution is 2.23. The van der Waals surface area contributed by atoms with Gasteiger partial charge in [0.15, 0.2) is 0 Å². The van der Waals surface area contributed by atoms with E-state index in [-0.39, 0.29) is 12.2 Å². The minimum atomic E-state index is -1.14. The van der Waals surface area contributed by atoms with Gasteiger partial charge in [0.25, 0.3) is 5.56 Å². The van der Waals surface area contributed by atoms with Crippen LogP contribution in [-0.4, -0.2) is 53.2 Å². The third-order valence-corrected chi connectivity index (χ3v) is 6.68. The number of halogens is 1. The number of morpholine rings is 1. The van der Waals surface area contributed by atoms with Gasteiger partial charge in [-0.25, -0.2) is 14.8 Å². The van der Waals surface area contributed by atoms with E-state index in [1.165, 1.54) is 4.40 Å². The van der Waals surface area contributed by atoms with Crippen molar-refractivity contribution in [3.8, 4) is 0 Å².